The van der Waals surface area contributed by atoms with E-state index in [0.717, 1.165) is 24.3 Å². The quantitative estimate of drug-likeness (QED) is 0.574. The Balaban J connectivity index is 1.78. The number of aromatic nitrogens is 1. The Bertz CT molecular complexity index is 509. The highest BCUT2D eigenvalue weighted by atomic mass is 32.2. The maximum absolute atomic E-state index is 12.1. The second-order valence-electron chi connectivity index (χ2n) is 5.11. The molecule has 0 amide bonds. The molecule has 1 aromatic rings. The normalized spacial score (nSPS) is 15.7. The molecule has 0 unspecified atom stereocenters. The van der Waals surface area contributed by atoms with Crippen molar-refractivity contribution in [3.05, 3.63) is 18.0 Å². The summed E-state index contributed by atoms with van der Waals surface area (Å²) in [4.78, 5) is 3.35. The number of hydrogen-bond acceptors (Lipinski definition) is 4. The van der Waals surface area contributed by atoms with Crippen LogP contribution in [0.15, 0.2) is 17.2 Å². The third-order valence-electron chi connectivity index (χ3n) is 3.25. The summed E-state index contributed by atoms with van der Waals surface area (Å²) in [7, 11) is -3.37. The van der Waals surface area contributed by atoms with Crippen molar-refractivity contribution in [1.29, 1.82) is 0 Å². The van der Waals surface area contributed by atoms with Crippen molar-refractivity contribution < 1.29 is 8.42 Å². The molecule has 3 N–H and O–H groups in total. The van der Waals surface area contributed by atoms with Gasteiger partial charge in [-0.3, -0.25) is 0 Å². The van der Waals surface area contributed by atoms with Crippen LogP contribution in [-0.2, 0) is 16.6 Å². The predicted octanol–water partition coefficient (Wildman–Crippen LogP) is 1.69. The molecule has 0 aromatic carbocycles. The number of aromatic amines is 1. The van der Waals surface area contributed by atoms with Crippen LogP contribution in [0.4, 0.5) is 0 Å². The van der Waals surface area contributed by atoms with E-state index in [1.807, 2.05) is 0 Å². The molecule has 0 spiro atoms. The summed E-state index contributed by atoms with van der Waals surface area (Å²) in [6.07, 6.45) is 7.98. The van der Waals surface area contributed by atoms with Crippen molar-refractivity contribution in [2.45, 2.75) is 43.2 Å². The molecule has 20 heavy (non-hydrogen) atoms. The fourth-order valence-electron chi connectivity index (χ4n) is 1.88. The van der Waals surface area contributed by atoms with Gasteiger partial charge in [0.2, 0.25) is 10.0 Å². The molecule has 1 aromatic heterocycles. The molecule has 0 saturated heterocycles. The topological polar surface area (TPSA) is 74.0 Å². The summed E-state index contributed by atoms with van der Waals surface area (Å²) < 4.78 is 26.8. The van der Waals surface area contributed by atoms with Crippen molar-refractivity contribution in [3.8, 4) is 0 Å². The van der Waals surface area contributed by atoms with Crippen LogP contribution in [0.2, 0.25) is 0 Å². The van der Waals surface area contributed by atoms with Gasteiger partial charge in [-0.05, 0) is 43.8 Å². The number of sulfonamides is 1. The Morgan fingerprint density at radius 3 is 2.90 bits per heavy atom. The van der Waals surface area contributed by atoms with Crippen LogP contribution < -0.4 is 10.0 Å². The lowest BCUT2D eigenvalue weighted by molar-refractivity contribution is 0.578. The smallest absolute Gasteiger partial charge is 0.242 e. The molecule has 2 rings (SSSR count). The maximum Gasteiger partial charge on any atom is 0.242 e. The second-order valence-corrected chi connectivity index (χ2v) is 7.87. The molecule has 1 saturated carbocycles. The number of H-pyrrole nitrogens is 1. The molecule has 1 aliphatic rings. The SMILES string of the molecule is CSCCCCNS(=O)(=O)c1c[nH]c(CNC2CC2)c1. The first-order valence-electron chi connectivity index (χ1n) is 7.01. The minimum Gasteiger partial charge on any atom is -0.363 e. The lowest BCUT2D eigenvalue weighted by Gasteiger charge is -2.04. The lowest BCUT2D eigenvalue weighted by Crippen LogP contribution is -2.24. The molecule has 114 valence electrons. The maximum atomic E-state index is 12.1. The van der Waals surface area contributed by atoms with Gasteiger partial charge in [-0.1, -0.05) is 0 Å². The second kappa shape index (κ2) is 7.49. The molecule has 5 nitrogen and oxygen atoms in total. The summed E-state index contributed by atoms with van der Waals surface area (Å²) in [6, 6.07) is 2.33. The molecule has 0 atom stereocenters. The van der Waals surface area contributed by atoms with Gasteiger partial charge < -0.3 is 10.3 Å². The average Bonchev–Trinajstić information content (AvgIpc) is 3.12. The summed E-state index contributed by atoms with van der Waals surface area (Å²) in [6.45, 7) is 1.21. The van der Waals surface area contributed by atoms with Crippen LogP contribution in [0.1, 0.15) is 31.4 Å². The van der Waals surface area contributed by atoms with E-state index in [1.54, 1.807) is 24.0 Å². The van der Waals surface area contributed by atoms with Gasteiger partial charge in [0.15, 0.2) is 0 Å². The number of thioether (sulfide) groups is 1. The summed E-state index contributed by atoms with van der Waals surface area (Å²) in [5.41, 5.74) is 0.916. The number of unbranched alkanes of at least 4 members (excludes halogenated alkanes) is 1. The summed E-state index contributed by atoms with van der Waals surface area (Å²) in [5, 5.41) is 3.36. The van der Waals surface area contributed by atoms with E-state index in [9.17, 15) is 8.42 Å². The third-order valence-corrected chi connectivity index (χ3v) is 5.39. The van der Waals surface area contributed by atoms with Crippen molar-refractivity contribution in [1.82, 2.24) is 15.0 Å². The van der Waals surface area contributed by atoms with Crippen molar-refractivity contribution >= 4 is 21.8 Å². The largest absolute Gasteiger partial charge is 0.363 e. The van der Waals surface area contributed by atoms with E-state index < -0.39 is 10.0 Å². The van der Waals surface area contributed by atoms with E-state index in [2.05, 4.69) is 21.3 Å². The number of hydrogen-bond donors (Lipinski definition) is 3. The first-order chi connectivity index (χ1) is 9.62. The predicted molar refractivity (Wildman–Crippen MR) is 83.5 cm³/mol. The molecular weight excluding hydrogens is 294 g/mol. The third kappa shape index (κ3) is 5.12. The van der Waals surface area contributed by atoms with Gasteiger partial charge in [0.25, 0.3) is 0 Å². The van der Waals surface area contributed by atoms with Gasteiger partial charge in [0.1, 0.15) is 0 Å². The van der Waals surface area contributed by atoms with E-state index in [4.69, 9.17) is 0 Å². The summed E-state index contributed by atoms with van der Waals surface area (Å²) in [5.74, 6) is 1.07. The monoisotopic (exact) mass is 317 g/mol. The molecule has 0 bridgehead atoms. The molecule has 0 aliphatic heterocycles. The fraction of sp³-hybridized carbons (Fsp3) is 0.692. The molecule has 0 radical (unpaired) electrons. The van der Waals surface area contributed by atoms with E-state index >= 15 is 0 Å². The van der Waals surface area contributed by atoms with Crippen molar-refractivity contribution in [2.75, 3.05) is 18.6 Å². The number of rotatable bonds is 10. The standard InChI is InChI=1S/C13H23N3O2S2/c1-19-7-3-2-6-16-20(17,18)13-8-12(15-10-13)9-14-11-4-5-11/h8,10-11,14-16H,2-7,9H2,1H3. The zero-order chi connectivity index (χ0) is 14.4. The first kappa shape index (κ1) is 15.9. The molecule has 7 heteroatoms. The fourth-order valence-corrected chi connectivity index (χ4v) is 3.46. The Morgan fingerprint density at radius 1 is 1.40 bits per heavy atom. The average molecular weight is 317 g/mol. The molecule has 1 fully saturated rings. The molecule has 1 heterocycles. The summed E-state index contributed by atoms with van der Waals surface area (Å²) >= 11 is 1.78. The van der Waals surface area contributed by atoms with Gasteiger partial charge in [0.05, 0.1) is 4.90 Å². The van der Waals surface area contributed by atoms with Crippen LogP contribution in [0, 0.1) is 0 Å². The Labute approximate surface area is 125 Å². The van der Waals surface area contributed by atoms with Gasteiger partial charge in [-0.25, -0.2) is 13.1 Å². The minimum atomic E-state index is -3.37. The minimum absolute atomic E-state index is 0.329. The van der Waals surface area contributed by atoms with Crippen molar-refractivity contribution in [2.24, 2.45) is 0 Å². The highest BCUT2D eigenvalue weighted by Crippen LogP contribution is 2.19. The highest BCUT2D eigenvalue weighted by molar-refractivity contribution is 7.98. The van der Waals surface area contributed by atoms with Crippen LogP contribution in [0.25, 0.3) is 0 Å². The zero-order valence-corrected chi connectivity index (χ0v) is 13.4. The van der Waals surface area contributed by atoms with Gasteiger partial charge in [0, 0.05) is 31.0 Å². The zero-order valence-electron chi connectivity index (χ0n) is 11.8. The molecular formula is C13H23N3O2S2. The van der Waals surface area contributed by atoms with E-state index in [1.165, 1.54) is 12.8 Å². The van der Waals surface area contributed by atoms with Gasteiger partial charge in [-0.15, -0.1) is 0 Å². The van der Waals surface area contributed by atoms with Crippen LogP contribution in [0.3, 0.4) is 0 Å². The Morgan fingerprint density at radius 2 is 2.20 bits per heavy atom. The van der Waals surface area contributed by atoms with Crippen LogP contribution in [-0.4, -0.2) is 38.0 Å². The van der Waals surface area contributed by atoms with Gasteiger partial charge in [-0.2, -0.15) is 11.8 Å². The lowest BCUT2D eigenvalue weighted by atomic mass is 10.3. The van der Waals surface area contributed by atoms with Crippen LogP contribution in [0.5, 0.6) is 0 Å². The first-order valence-corrected chi connectivity index (χ1v) is 9.89. The Hall–Kier alpha value is -0.500. The highest BCUT2D eigenvalue weighted by Gasteiger charge is 2.21. The van der Waals surface area contributed by atoms with Gasteiger partial charge >= 0.3 is 0 Å². The Kier molecular flexibility index (Phi) is 5.95. The van der Waals surface area contributed by atoms with Crippen LogP contribution >= 0.6 is 11.8 Å². The van der Waals surface area contributed by atoms with E-state index in [0.29, 0.717) is 24.0 Å². The number of nitrogens with one attached hydrogen (secondary N) is 3. The molecule has 1 aliphatic carbocycles. The van der Waals surface area contributed by atoms with Crippen molar-refractivity contribution in [3.63, 3.8) is 0 Å². The van der Waals surface area contributed by atoms with E-state index in [-0.39, 0.29) is 0 Å².